The number of hydrogen-bond donors (Lipinski definition) is 0. The summed E-state index contributed by atoms with van der Waals surface area (Å²) in [6.07, 6.45) is 2.01. The zero-order valence-electron chi connectivity index (χ0n) is 20.2. The number of nitrogens with zero attached hydrogens (tertiary/aromatic N) is 1. The summed E-state index contributed by atoms with van der Waals surface area (Å²) in [6.45, 7) is 7.36. The molecule has 0 heterocycles. The van der Waals surface area contributed by atoms with Gasteiger partial charge in [0.1, 0.15) is 0 Å². The van der Waals surface area contributed by atoms with Gasteiger partial charge in [-0.05, 0) is 54.9 Å². The first kappa shape index (κ1) is 24.1. The Bertz CT molecular complexity index is 882. The second kappa shape index (κ2) is 10.9. The molecule has 0 aromatic heterocycles. The van der Waals surface area contributed by atoms with Crippen molar-refractivity contribution < 1.29 is 19.0 Å². The van der Waals surface area contributed by atoms with Crippen LogP contribution in [0.2, 0.25) is 0 Å². The van der Waals surface area contributed by atoms with Crippen molar-refractivity contribution in [2.24, 2.45) is 17.8 Å². The van der Waals surface area contributed by atoms with E-state index in [1.165, 1.54) is 12.7 Å². The summed E-state index contributed by atoms with van der Waals surface area (Å²) in [6, 6.07) is 16.8. The topological polar surface area (TPSA) is 48.0 Å². The van der Waals surface area contributed by atoms with E-state index in [4.69, 9.17) is 14.2 Å². The second-order valence-electron chi connectivity index (χ2n) is 9.05. The molecule has 1 aliphatic rings. The lowest BCUT2D eigenvalue weighted by Gasteiger charge is -2.38. The average molecular weight is 440 g/mol. The van der Waals surface area contributed by atoms with Gasteiger partial charge in [0, 0.05) is 18.6 Å². The van der Waals surface area contributed by atoms with Crippen molar-refractivity contribution in [3.8, 4) is 11.5 Å². The molecule has 2 aromatic carbocycles. The molecule has 2 aromatic rings. The summed E-state index contributed by atoms with van der Waals surface area (Å²) in [4.78, 5) is 15.4. The molecule has 0 radical (unpaired) electrons. The van der Waals surface area contributed by atoms with Crippen LogP contribution in [0.25, 0.3) is 0 Å². The van der Waals surface area contributed by atoms with Gasteiger partial charge in [0.15, 0.2) is 11.5 Å². The predicted octanol–water partition coefficient (Wildman–Crippen LogP) is 5.49. The second-order valence-corrected chi connectivity index (χ2v) is 9.05. The van der Waals surface area contributed by atoms with Crippen molar-refractivity contribution >= 4 is 5.97 Å². The molecule has 5 nitrogen and oxygen atoms in total. The standard InChI is InChI=1S/C27H37NO4/c1-18(2)22-13-14-23(26(22)27(29)32-6)28(19(3)21-10-8-7-9-11-21)17-20-12-15-24(30-4)25(16-20)31-5/h7-12,15-16,18-19,22-23,26H,13-14,17H2,1-6H3/t19-,22+,23-,26+/m1/s1. The van der Waals surface area contributed by atoms with E-state index < -0.39 is 0 Å². The van der Waals surface area contributed by atoms with Crippen molar-refractivity contribution in [2.75, 3.05) is 21.3 Å². The quantitative estimate of drug-likeness (QED) is 0.484. The molecule has 1 saturated carbocycles. The molecule has 1 fully saturated rings. The number of carbonyl (C=O) groups is 1. The smallest absolute Gasteiger partial charge is 0.310 e. The molecule has 0 saturated heterocycles. The van der Waals surface area contributed by atoms with Crippen molar-refractivity contribution in [1.29, 1.82) is 0 Å². The SMILES string of the molecule is COC(=O)[C@@H]1[C@H](N(Cc2ccc(OC)c(OC)c2)[C@H](C)c2ccccc2)CC[C@H]1C(C)C. The van der Waals surface area contributed by atoms with Gasteiger partial charge in [-0.2, -0.15) is 0 Å². The molecule has 32 heavy (non-hydrogen) atoms. The maximum atomic E-state index is 13.0. The van der Waals surface area contributed by atoms with Crippen LogP contribution in [0.3, 0.4) is 0 Å². The van der Waals surface area contributed by atoms with Crippen molar-refractivity contribution in [2.45, 2.75) is 52.2 Å². The van der Waals surface area contributed by atoms with Gasteiger partial charge >= 0.3 is 5.97 Å². The highest BCUT2D eigenvalue weighted by molar-refractivity contribution is 5.74. The highest BCUT2D eigenvalue weighted by Gasteiger charge is 2.46. The highest BCUT2D eigenvalue weighted by atomic mass is 16.5. The van der Waals surface area contributed by atoms with Gasteiger partial charge in [-0.25, -0.2) is 0 Å². The molecule has 0 spiro atoms. The Labute approximate surface area is 192 Å². The fraction of sp³-hybridized carbons (Fsp3) is 0.519. The maximum absolute atomic E-state index is 13.0. The Kier molecular flexibility index (Phi) is 8.19. The Morgan fingerprint density at radius 3 is 2.25 bits per heavy atom. The molecule has 0 unspecified atom stereocenters. The van der Waals surface area contributed by atoms with E-state index in [-0.39, 0.29) is 24.0 Å². The summed E-state index contributed by atoms with van der Waals surface area (Å²) in [5.41, 5.74) is 2.37. The first-order chi connectivity index (χ1) is 15.4. The lowest BCUT2D eigenvalue weighted by Crippen LogP contribution is -2.44. The molecule has 0 aliphatic heterocycles. The van der Waals surface area contributed by atoms with E-state index in [0.29, 0.717) is 29.9 Å². The van der Waals surface area contributed by atoms with Crippen molar-refractivity contribution in [3.63, 3.8) is 0 Å². The van der Waals surface area contributed by atoms with E-state index in [1.807, 2.05) is 18.2 Å². The van der Waals surface area contributed by atoms with Crippen LogP contribution in [0.5, 0.6) is 11.5 Å². The van der Waals surface area contributed by atoms with Crippen LogP contribution >= 0.6 is 0 Å². The Balaban J connectivity index is 2.00. The highest BCUT2D eigenvalue weighted by Crippen LogP contribution is 2.43. The molecule has 1 aliphatic carbocycles. The average Bonchev–Trinajstić information content (AvgIpc) is 3.27. The Morgan fingerprint density at radius 1 is 0.969 bits per heavy atom. The van der Waals surface area contributed by atoms with E-state index in [0.717, 1.165) is 18.4 Å². The van der Waals surface area contributed by atoms with Crippen LogP contribution in [0.15, 0.2) is 48.5 Å². The lowest BCUT2D eigenvalue weighted by atomic mass is 9.84. The van der Waals surface area contributed by atoms with Crippen molar-refractivity contribution in [3.05, 3.63) is 59.7 Å². The third-order valence-electron chi connectivity index (χ3n) is 7.02. The van der Waals surface area contributed by atoms with Crippen LogP contribution in [0.4, 0.5) is 0 Å². The van der Waals surface area contributed by atoms with Gasteiger partial charge in [-0.3, -0.25) is 9.69 Å². The normalized spacial score (nSPS) is 21.6. The molecule has 174 valence electrons. The maximum Gasteiger partial charge on any atom is 0.310 e. The van der Waals surface area contributed by atoms with Gasteiger partial charge in [0.05, 0.1) is 27.2 Å². The third kappa shape index (κ3) is 5.09. The largest absolute Gasteiger partial charge is 0.493 e. The lowest BCUT2D eigenvalue weighted by molar-refractivity contribution is -0.150. The predicted molar refractivity (Wildman–Crippen MR) is 127 cm³/mol. The van der Waals surface area contributed by atoms with Crippen LogP contribution in [0, 0.1) is 17.8 Å². The number of methoxy groups -OCH3 is 3. The molecular weight excluding hydrogens is 402 g/mol. The summed E-state index contributed by atoms with van der Waals surface area (Å²) < 4.78 is 16.2. The molecular formula is C27H37NO4. The van der Waals surface area contributed by atoms with Crippen LogP contribution < -0.4 is 9.47 Å². The number of rotatable bonds is 9. The third-order valence-corrected chi connectivity index (χ3v) is 7.02. The van der Waals surface area contributed by atoms with E-state index in [1.54, 1.807) is 14.2 Å². The van der Waals surface area contributed by atoms with Crippen LogP contribution in [-0.4, -0.2) is 38.2 Å². The molecule has 4 atom stereocenters. The molecule has 5 heteroatoms. The fourth-order valence-electron chi connectivity index (χ4n) is 5.25. The fourth-order valence-corrected chi connectivity index (χ4v) is 5.25. The summed E-state index contributed by atoms with van der Waals surface area (Å²) in [5, 5.41) is 0. The minimum Gasteiger partial charge on any atom is -0.493 e. The minimum atomic E-state index is -0.133. The number of benzene rings is 2. The van der Waals surface area contributed by atoms with Gasteiger partial charge in [0.25, 0.3) is 0 Å². The minimum absolute atomic E-state index is 0.0937. The van der Waals surface area contributed by atoms with E-state index in [9.17, 15) is 4.79 Å². The van der Waals surface area contributed by atoms with E-state index in [2.05, 4.69) is 56.0 Å². The van der Waals surface area contributed by atoms with Crippen molar-refractivity contribution in [1.82, 2.24) is 4.90 Å². The monoisotopic (exact) mass is 439 g/mol. The summed E-state index contributed by atoms with van der Waals surface area (Å²) in [7, 11) is 4.81. The molecule has 0 amide bonds. The van der Waals surface area contributed by atoms with Gasteiger partial charge in [-0.1, -0.05) is 50.2 Å². The van der Waals surface area contributed by atoms with Gasteiger partial charge < -0.3 is 14.2 Å². The van der Waals surface area contributed by atoms with E-state index >= 15 is 0 Å². The molecule has 3 rings (SSSR count). The van der Waals surface area contributed by atoms with Gasteiger partial charge in [-0.15, -0.1) is 0 Å². The molecule has 0 bridgehead atoms. The number of carbonyl (C=O) groups excluding carboxylic acids is 1. The van der Waals surface area contributed by atoms with Crippen LogP contribution in [-0.2, 0) is 16.1 Å². The number of hydrogen-bond acceptors (Lipinski definition) is 5. The first-order valence-corrected chi connectivity index (χ1v) is 11.5. The summed E-state index contributed by atoms with van der Waals surface area (Å²) >= 11 is 0. The zero-order chi connectivity index (χ0) is 23.3. The first-order valence-electron chi connectivity index (χ1n) is 11.5. The summed E-state index contributed by atoms with van der Waals surface area (Å²) in [5.74, 6) is 1.96. The molecule has 0 N–H and O–H groups in total. The zero-order valence-corrected chi connectivity index (χ0v) is 20.2. The Hall–Kier alpha value is -2.53. The number of esters is 1. The number of ether oxygens (including phenoxy) is 3. The van der Waals surface area contributed by atoms with Gasteiger partial charge in [0.2, 0.25) is 0 Å². The Morgan fingerprint density at radius 2 is 1.66 bits per heavy atom. The van der Waals surface area contributed by atoms with Crippen LogP contribution in [0.1, 0.15) is 50.8 Å².